The van der Waals surface area contributed by atoms with Gasteiger partial charge in [0.05, 0.1) is 12.1 Å². The van der Waals surface area contributed by atoms with Crippen molar-refractivity contribution < 1.29 is 9.90 Å². The van der Waals surface area contributed by atoms with Crippen LogP contribution in [0.25, 0.3) is 10.9 Å². The largest absolute Gasteiger partial charge is 0.395 e. The minimum atomic E-state index is 0.0161. The Morgan fingerprint density at radius 3 is 2.56 bits per heavy atom. The van der Waals surface area contributed by atoms with E-state index in [0.717, 1.165) is 34.3 Å². The molecular weight excluding hydrogens is 312 g/mol. The number of rotatable bonds is 3. The van der Waals surface area contributed by atoms with Crippen molar-refractivity contribution in [1.29, 1.82) is 0 Å². The van der Waals surface area contributed by atoms with Crippen LogP contribution >= 0.6 is 0 Å². The minimum absolute atomic E-state index is 0.0161. The van der Waals surface area contributed by atoms with Gasteiger partial charge in [-0.2, -0.15) is 0 Å². The number of aromatic nitrogens is 1. The number of carbonyl (C=O) groups excluding carboxylic acids is 1. The summed E-state index contributed by atoms with van der Waals surface area (Å²) in [5.74, 6) is 0.0224. The van der Waals surface area contributed by atoms with Gasteiger partial charge in [0.1, 0.15) is 5.69 Å². The number of nitrogens with zero attached hydrogens (tertiary/aromatic N) is 2. The van der Waals surface area contributed by atoms with Crippen LogP contribution < -0.4 is 4.90 Å². The predicted molar refractivity (Wildman–Crippen MR) is 100 cm³/mol. The number of aryl methyl sites for hydroxylation is 2. The number of amides is 1. The van der Waals surface area contributed by atoms with Gasteiger partial charge in [-0.25, -0.2) is 0 Å². The number of hydrogen-bond donors (Lipinski definition) is 1. The van der Waals surface area contributed by atoms with E-state index in [9.17, 15) is 9.90 Å². The fraction of sp³-hybridized carbons (Fsp3) is 0.286. The van der Waals surface area contributed by atoms with Gasteiger partial charge in [-0.3, -0.25) is 4.79 Å². The fourth-order valence-electron chi connectivity index (χ4n) is 3.92. The van der Waals surface area contributed by atoms with E-state index >= 15 is 0 Å². The number of anilines is 1. The molecule has 0 spiro atoms. The molecule has 128 valence electrons. The van der Waals surface area contributed by atoms with Gasteiger partial charge >= 0.3 is 0 Å². The summed E-state index contributed by atoms with van der Waals surface area (Å²) in [6.45, 7) is 5.31. The van der Waals surface area contributed by atoms with Crippen molar-refractivity contribution >= 4 is 22.5 Å². The molecule has 1 amide bonds. The summed E-state index contributed by atoms with van der Waals surface area (Å²) in [5.41, 5.74) is 6.24. The van der Waals surface area contributed by atoms with Gasteiger partial charge in [-0.05, 0) is 49.1 Å². The third-order valence-corrected chi connectivity index (χ3v) is 5.28. The first-order valence-electron chi connectivity index (χ1n) is 8.72. The van der Waals surface area contributed by atoms with E-state index < -0.39 is 0 Å². The number of carbonyl (C=O) groups is 1. The Labute approximate surface area is 147 Å². The Morgan fingerprint density at radius 1 is 1.08 bits per heavy atom. The summed E-state index contributed by atoms with van der Waals surface area (Å²) in [5, 5.41) is 10.7. The lowest BCUT2D eigenvalue weighted by Crippen LogP contribution is -2.38. The second kappa shape index (κ2) is 6.05. The average molecular weight is 334 g/mol. The molecule has 0 bridgehead atoms. The first-order valence-corrected chi connectivity index (χ1v) is 8.72. The van der Waals surface area contributed by atoms with Crippen molar-refractivity contribution in [3.63, 3.8) is 0 Å². The van der Waals surface area contributed by atoms with E-state index in [4.69, 9.17) is 0 Å². The Hall–Kier alpha value is -2.59. The van der Waals surface area contributed by atoms with Crippen LogP contribution in [0.2, 0.25) is 0 Å². The number of para-hydroxylation sites is 1. The molecule has 1 aliphatic rings. The number of aliphatic hydroxyl groups is 1. The predicted octanol–water partition coefficient (Wildman–Crippen LogP) is 3.45. The zero-order valence-electron chi connectivity index (χ0n) is 14.6. The van der Waals surface area contributed by atoms with Crippen LogP contribution in [0.4, 0.5) is 5.69 Å². The second-order valence-corrected chi connectivity index (χ2v) is 6.65. The summed E-state index contributed by atoms with van der Waals surface area (Å²) in [4.78, 5) is 15.1. The summed E-state index contributed by atoms with van der Waals surface area (Å²) >= 11 is 0. The number of fused-ring (bicyclic) bond motifs is 3. The molecule has 0 saturated heterocycles. The van der Waals surface area contributed by atoms with Gasteiger partial charge in [0.2, 0.25) is 0 Å². The monoisotopic (exact) mass is 334 g/mol. The van der Waals surface area contributed by atoms with Crippen molar-refractivity contribution in [2.24, 2.45) is 0 Å². The van der Waals surface area contributed by atoms with Crippen LogP contribution in [0.15, 0.2) is 42.5 Å². The first kappa shape index (κ1) is 15.9. The first-order chi connectivity index (χ1) is 12.1. The van der Waals surface area contributed by atoms with E-state index in [1.165, 1.54) is 11.1 Å². The smallest absolute Gasteiger partial charge is 0.275 e. The van der Waals surface area contributed by atoms with Crippen LogP contribution in [0.3, 0.4) is 0 Å². The molecule has 4 nitrogen and oxygen atoms in total. The Morgan fingerprint density at radius 2 is 1.84 bits per heavy atom. The van der Waals surface area contributed by atoms with E-state index in [2.05, 4.69) is 26.0 Å². The number of benzene rings is 2. The molecule has 1 N–H and O–H groups in total. The highest BCUT2D eigenvalue weighted by Gasteiger charge is 2.32. The molecule has 0 unspecified atom stereocenters. The molecule has 0 fully saturated rings. The molecule has 0 radical (unpaired) electrons. The van der Waals surface area contributed by atoms with Crippen molar-refractivity contribution in [1.82, 2.24) is 4.57 Å². The van der Waals surface area contributed by atoms with Gasteiger partial charge < -0.3 is 14.6 Å². The van der Waals surface area contributed by atoms with Gasteiger partial charge in [0.25, 0.3) is 5.91 Å². The molecule has 4 rings (SSSR count). The summed E-state index contributed by atoms with van der Waals surface area (Å²) in [6, 6.07) is 14.0. The second-order valence-electron chi connectivity index (χ2n) is 6.65. The lowest BCUT2D eigenvalue weighted by molar-refractivity contribution is 0.0970. The van der Waals surface area contributed by atoms with Gasteiger partial charge in [0, 0.05) is 24.2 Å². The Kier molecular flexibility index (Phi) is 3.85. The van der Waals surface area contributed by atoms with Crippen molar-refractivity contribution in [2.75, 3.05) is 18.1 Å². The van der Waals surface area contributed by atoms with E-state index in [-0.39, 0.29) is 12.5 Å². The van der Waals surface area contributed by atoms with Crippen molar-refractivity contribution in [3.8, 4) is 0 Å². The minimum Gasteiger partial charge on any atom is -0.395 e. The van der Waals surface area contributed by atoms with E-state index in [1.807, 2.05) is 39.8 Å². The highest BCUT2D eigenvalue weighted by atomic mass is 16.3. The standard InChI is InChI=1S/C21H22N2O2/c1-14-8-9-17-18-10-11-22(16-6-4-3-5-7-16)21(25)20(18)23(12-13-24)19(17)15(14)2/h3-9,24H,10-13H2,1-2H3. The van der Waals surface area contributed by atoms with Gasteiger partial charge in [-0.15, -0.1) is 0 Å². The lowest BCUT2D eigenvalue weighted by Gasteiger charge is -2.28. The zero-order valence-corrected chi connectivity index (χ0v) is 14.6. The molecule has 0 aliphatic carbocycles. The molecule has 1 aliphatic heterocycles. The van der Waals surface area contributed by atoms with Crippen LogP contribution in [0.5, 0.6) is 0 Å². The van der Waals surface area contributed by atoms with E-state index in [0.29, 0.717) is 13.1 Å². The number of hydrogen-bond acceptors (Lipinski definition) is 2. The molecule has 0 atom stereocenters. The molecule has 0 saturated carbocycles. The maximum absolute atomic E-state index is 13.3. The molecule has 2 heterocycles. The lowest BCUT2D eigenvalue weighted by atomic mass is 9.99. The van der Waals surface area contributed by atoms with E-state index in [1.54, 1.807) is 0 Å². The zero-order chi connectivity index (χ0) is 17.6. The molecule has 2 aromatic carbocycles. The maximum atomic E-state index is 13.3. The summed E-state index contributed by atoms with van der Waals surface area (Å²) in [7, 11) is 0. The van der Waals surface area contributed by atoms with Crippen LogP contribution in [-0.2, 0) is 13.0 Å². The molecule has 4 heteroatoms. The Balaban J connectivity index is 1.94. The number of aliphatic hydroxyl groups excluding tert-OH is 1. The topological polar surface area (TPSA) is 45.5 Å². The SMILES string of the molecule is Cc1ccc2c3c(n(CCO)c2c1C)C(=O)N(c1ccccc1)CC3. The molecular formula is C21H22N2O2. The van der Waals surface area contributed by atoms with Gasteiger partial charge in [-0.1, -0.05) is 30.3 Å². The molecule has 1 aromatic heterocycles. The van der Waals surface area contributed by atoms with Crippen LogP contribution in [0.1, 0.15) is 27.2 Å². The van der Waals surface area contributed by atoms with Crippen molar-refractivity contribution in [2.45, 2.75) is 26.8 Å². The molecule has 25 heavy (non-hydrogen) atoms. The third kappa shape index (κ3) is 2.36. The quantitative estimate of drug-likeness (QED) is 0.797. The Bertz CT molecular complexity index is 957. The fourth-order valence-corrected chi connectivity index (χ4v) is 3.92. The average Bonchev–Trinajstić information content (AvgIpc) is 2.95. The van der Waals surface area contributed by atoms with Crippen LogP contribution in [0, 0.1) is 13.8 Å². The third-order valence-electron chi connectivity index (χ3n) is 5.28. The highest BCUT2D eigenvalue weighted by molar-refractivity contribution is 6.11. The normalized spacial score (nSPS) is 14.2. The molecule has 3 aromatic rings. The van der Waals surface area contributed by atoms with Crippen LogP contribution in [-0.4, -0.2) is 28.7 Å². The summed E-state index contributed by atoms with van der Waals surface area (Å²) < 4.78 is 2.02. The highest BCUT2D eigenvalue weighted by Crippen LogP contribution is 2.35. The summed E-state index contributed by atoms with van der Waals surface area (Å²) in [6.07, 6.45) is 0.827. The van der Waals surface area contributed by atoms with Gasteiger partial charge in [0.15, 0.2) is 0 Å². The van der Waals surface area contributed by atoms with Crippen molar-refractivity contribution in [3.05, 3.63) is 64.8 Å². The maximum Gasteiger partial charge on any atom is 0.275 e.